The van der Waals surface area contributed by atoms with Crippen molar-refractivity contribution in [3.63, 3.8) is 0 Å². The molecule has 2 aliphatic heterocycles. The van der Waals surface area contributed by atoms with Crippen molar-refractivity contribution >= 4 is 68.6 Å². The van der Waals surface area contributed by atoms with E-state index in [2.05, 4.69) is 47.2 Å². The Morgan fingerprint density at radius 3 is 2.33 bits per heavy atom. The van der Waals surface area contributed by atoms with Gasteiger partial charge in [-0.25, -0.2) is 4.98 Å². The second kappa shape index (κ2) is 21.0. The molecule has 17 nitrogen and oxygen atoms in total. The quantitative estimate of drug-likeness (QED) is 0.0788. The lowest BCUT2D eigenvalue weighted by Gasteiger charge is -2.29. The van der Waals surface area contributed by atoms with E-state index >= 15 is 0 Å². The van der Waals surface area contributed by atoms with Gasteiger partial charge >= 0.3 is 0 Å². The molecule has 1 aliphatic carbocycles. The first-order chi connectivity index (χ1) is 28.2. The Balaban J connectivity index is 0.783. The van der Waals surface area contributed by atoms with E-state index in [1.54, 1.807) is 24.4 Å². The molecule has 3 aromatic rings. The van der Waals surface area contributed by atoms with Crippen LogP contribution >= 0.6 is 15.9 Å². The van der Waals surface area contributed by atoms with E-state index in [-0.39, 0.29) is 35.8 Å². The zero-order valence-corrected chi connectivity index (χ0v) is 34.0. The lowest BCUT2D eigenvalue weighted by molar-refractivity contribution is -0.137. The van der Waals surface area contributed by atoms with Crippen LogP contribution in [-0.2, 0) is 28.6 Å². The van der Waals surface area contributed by atoms with E-state index < -0.39 is 29.7 Å². The summed E-state index contributed by atoms with van der Waals surface area (Å²) in [7, 11) is 1.87. The van der Waals surface area contributed by atoms with Crippen molar-refractivity contribution in [3.05, 3.63) is 64.3 Å². The van der Waals surface area contributed by atoms with Gasteiger partial charge in [-0.3, -0.25) is 34.2 Å². The van der Waals surface area contributed by atoms with Crippen LogP contribution < -0.4 is 26.0 Å². The van der Waals surface area contributed by atoms with Crippen LogP contribution in [0.5, 0.6) is 5.75 Å². The lowest BCUT2D eigenvalue weighted by Crippen LogP contribution is -2.54. The maximum atomic E-state index is 13.2. The van der Waals surface area contributed by atoms with E-state index in [9.17, 15) is 24.0 Å². The van der Waals surface area contributed by atoms with Crippen LogP contribution in [0.3, 0.4) is 0 Å². The SMILES string of the molecule is CN(CCCNc1nc(Nc2ccc(OCCOCCOCCOCCNc3cccc4c3C(=O)N(C3CCC(=O)NC3=O)C4=O)cc2)ncc1Br)C(=O)C1CCC1. The number of fused-ring (bicyclic) bond motifs is 1. The maximum absolute atomic E-state index is 13.2. The number of imide groups is 2. The molecule has 0 radical (unpaired) electrons. The van der Waals surface area contributed by atoms with Crippen molar-refractivity contribution in [2.75, 3.05) is 88.9 Å². The van der Waals surface area contributed by atoms with Crippen LogP contribution in [0.2, 0.25) is 0 Å². The van der Waals surface area contributed by atoms with Gasteiger partial charge in [-0.1, -0.05) is 12.5 Å². The predicted octanol–water partition coefficient (Wildman–Crippen LogP) is 3.99. The third kappa shape index (κ3) is 11.3. The number of halogens is 1. The summed E-state index contributed by atoms with van der Waals surface area (Å²) in [5.41, 5.74) is 1.70. The molecular formula is C40H49BrN8O9. The van der Waals surface area contributed by atoms with Crippen molar-refractivity contribution in [1.82, 2.24) is 25.1 Å². The Labute approximate surface area is 345 Å². The van der Waals surface area contributed by atoms with Crippen molar-refractivity contribution in [2.45, 2.75) is 44.6 Å². The smallest absolute Gasteiger partial charge is 0.264 e. The summed E-state index contributed by atoms with van der Waals surface area (Å²) in [5.74, 6) is 0.0911. The highest BCUT2D eigenvalue weighted by Gasteiger charge is 2.45. The number of nitrogens with one attached hydrogen (secondary N) is 4. The Kier molecular flexibility index (Phi) is 15.4. The standard InChI is InChI=1S/C40H49BrN8O9/c1-48(37(52)26-5-2-6-26)17-4-15-43-35-30(41)25-44-40(47-35)45-27-9-11-28(12-10-27)58-24-23-57-22-21-56-20-19-55-18-16-42-31-8-3-7-29-34(31)39(54)49(38(29)53)32-13-14-33(50)46-36(32)51/h3,7-12,25-26,32,42H,2,4-6,13-24H2,1H3,(H,46,50,51)(H2,43,44,45,47). The Hall–Kier alpha value is -5.17. The summed E-state index contributed by atoms with van der Waals surface area (Å²) in [6.45, 7) is 4.36. The molecule has 1 saturated heterocycles. The van der Waals surface area contributed by atoms with Crippen LogP contribution in [0, 0.1) is 5.92 Å². The largest absolute Gasteiger partial charge is 0.491 e. The van der Waals surface area contributed by atoms with Crippen LogP contribution in [-0.4, -0.2) is 128 Å². The Morgan fingerprint density at radius 1 is 0.897 bits per heavy atom. The van der Waals surface area contributed by atoms with E-state index in [4.69, 9.17) is 18.9 Å². The van der Waals surface area contributed by atoms with Crippen LogP contribution in [0.4, 0.5) is 23.1 Å². The number of benzene rings is 2. The number of aromatic nitrogens is 2. The number of carbonyl (C=O) groups is 5. The molecule has 5 amide bonds. The second-order valence-corrected chi connectivity index (χ2v) is 14.8. The van der Waals surface area contributed by atoms with Gasteiger partial charge in [0.25, 0.3) is 11.8 Å². The molecule has 4 N–H and O–H groups in total. The Bertz CT molecular complexity index is 1930. The van der Waals surface area contributed by atoms with Gasteiger partial charge in [0, 0.05) is 56.6 Å². The highest BCUT2D eigenvalue weighted by molar-refractivity contribution is 9.10. The molecule has 6 rings (SSSR count). The molecule has 0 spiro atoms. The molecule has 1 aromatic heterocycles. The lowest BCUT2D eigenvalue weighted by atomic mass is 9.84. The number of anilines is 4. The van der Waals surface area contributed by atoms with Gasteiger partial charge < -0.3 is 39.8 Å². The van der Waals surface area contributed by atoms with Crippen LogP contribution in [0.1, 0.15) is 59.2 Å². The number of rotatable bonds is 23. The summed E-state index contributed by atoms with van der Waals surface area (Å²) in [6, 6.07) is 11.4. The van der Waals surface area contributed by atoms with Crippen molar-refractivity contribution in [2.24, 2.45) is 5.92 Å². The maximum Gasteiger partial charge on any atom is 0.264 e. The average Bonchev–Trinajstić information content (AvgIpc) is 3.45. The molecule has 310 valence electrons. The average molecular weight is 866 g/mol. The minimum absolute atomic E-state index is 0.0617. The fourth-order valence-corrected chi connectivity index (χ4v) is 6.93. The minimum atomic E-state index is -1.02. The number of piperidine rings is 1. The van der Waals surface area contributed by atoms with E-state index in [1.165, 1.54) is 0 Å². The fraction of sp³-hybridized carbons (Fsp3) is 0.475. The van der Waals surface area contributed by atoms with Crippen molar-refractivity contribution < 1.29 is 42.9 Å². The molecule has 2 aromatic carbocycles. The number of carbonyl (C=O) groups excluding carboxylic acids is 5. The zero-order valence-electron chi connectivity index (χ0n) is 32.4. The van der Waals surface area contributed by atoms with E-state index in [0.717, 1.165) is 40.7 Å². The van der Waals surface area contributed by atoms with E-state index in [0.29, 0.717) is 89.1 Å². The highest BCUT2D eigenvalue weighted by Crippen LogP contribution is 2.32. The van der Waals surface area contributed by atoms with E-state index in [1.807, 2.05) is 36.2 Å². The molecule has 2 fully saturated rings. The van der Waals surface area contributed by atoms with Gasteiger partial charge in [-0.05, 0) is 78.0 Å². The molecule has 0 bridgehead atoms. The molecule has 1 atom stereocenters. The minimum Gasteiger partial charge on any atom is -0.491 e. The monoisotopic (exact) mass is 864 g/mol. The fourth-order valence-electron chi connectivity index (χ4n) is 6.60. The number of nitrogens with zero attached hydrogens (tertiary/aromatic N) is 4. The first-order valence-electron chi connectivity index (χ1n) is 19.5. The normalized spacial score (nSPS) is 16.4. The number of amides is 5. The molecule has 1 unspecified atom stereocenters. The first kappa shape index (κ1) is 42.4. The summed E-state index contributed by atoms with van der Waals surface area (Å²) < 4.78 is 23.4. The van der Waals surface area contributed by atoms with Gasteiger partial charge in [0.2, 0.25) is 23.7 Å². The van der Waals surface area contributed by atoms with Gasteiger partial charge in [0.1, 0.15) is 24.2 Å². The summed E-state index contributed by atoms with van der Waals surface area (Å²) in [6.07, 6.45) is 5.83. The topological polar surface area (TPSA) is 203 Å². The summed E-state index contributed by atoms with van der Waals surface area (Å²) >= 11 is 3.50. The third-order valence-corrected chi connectivity index (χ3v) is 10.5. The van der Waals surface area contributed by atoms with Crippen molar-refractivity contribution in [3.8, 4) is 5.75 Å². The number of ether oxygens (including phenoxy) is 4. The molecule has 1 saturated carbocycles. The third-order valence-electron chi connectivity index (χ3n) is 9.92. The predicted molar refractivity (Wildman–Crippen MR) is 217 cm³/mol. The number of hydrogen-bond acceptors (Lipinski definition) is 14. The van der Waals surface area contributed by atoms with Gasteiger partial charge in [0.15, 0.2) is 0 Å². The zero-order chi connectivity index (χ0) is 40.9. The van der Waals surface area contributed by atoms with Gasteiger partial charge in [-0.2, -0.15) is 4.98 Å². The van der Waals surface area contributed by atoms with Crippen molar-refractivity contribution in [1.29, 1.82) is 0 Å². The highest BCUT2D eigenvalue weighted by atomic mass is 79.9. The van der Waals surface area contributed by atoms with Gasteiger partial charge in [0.05, 0.1) is 55.2 Å². The summed E-state index contributed by atoms with van der Waals surface area (Å²) in [5, 5.41) is 11.9. The number of hydrogen-bond donors (Lipinski definition) is 4. The molecule has 18 heteroatoms. The van der Waals surface area contributed by atoms with Crippen LogP contribution in [0.15, 0.2) is 53.1 Å². The molecule has 3 heterocycles. The van der Waals surface area contributed by atoms with Gasteiger partial charge in [-0.15, -0.1) is 0 Å². The second-order valence-electron chi connectivity index (χ2n) is 14.0. The first-order valence-corrected chi connectivity index (χ1v) is 20.3. The molecular weight excluding hydrogens is 816 g/mol. The molecule has 3 aliphatic rings. The Morgan fingerprint density at radius 2 is 1.62 bits per heavy atom. The molecule has 58 heavy (non-hydrogen) atoms. The van der Waals surface area contributed by atoms with Crippen LogP contribution in [0.25, 0.3) is 0 Å². The summed E-state index contributed by atoms with van der Waals surface area (Å²) in [4.78, 5) is 74.1.